The Morgan fingerprint density at radius 1 is 1.28 bits per heavy atom. The first-order valence-electron chi connectivity index (χ1n) is 6.62. The average Bonchev–Trinajstić information content (AvgIpc) is 2.37. The van der Waals surface area contributed by atoms with Gasteiger partial charge in [0.15, 0.2) is 0 Å². The third kappa shape index (κ3) is 5.95. The zero-order chi connectivity index (χ0) is 13.4. The Balaban J connectivity index is 2.25. The Morgan fingerprint density at radius 2 is 1.89 bits per heavy atom. The lowest BCUT2D eigenvalue weighted by Gasteiger charge is -2.19. The molecule has 102 valence electrons. The largest absolute Gasteiger partial charge is 0.352 e. The van der Waals surface area contributed by atoms with Gasteiger partial charge in [-0.05, 0) is 62.0 Å². The van der Waals surface area contributed by atoms with Crippen LogP contribution in [0.3, 0.4) is 0 Å². The Kier molecular flexibility index (Phi) is 7.50. The lowest BCUT2D eigenvalue weighted by molar-refractivity contribution is 0.295. The van der Waals surface area contributed by atoms with E-state index in [0.717, 1.165) is 29.0 Å². The predicted molar refractivity (Wildman–Crippen MR) is 84.9 cm³/mol. The number of halogens is 1. The second-order valence-corrected chi connectivity index (χ2v) is 5.69. The first kappa shape index (κ1) is 15.6. The van der Waals surface area contributed by atoms with Gasteiger partial charge >= 0.3 is 0 Å². The third-order valence-corrected chi connectivity index (χ3v) is 3.56. The Hall–Kier alpha value is -0.430. The molecule has 4 nitrogen and oxygen atoms in total. The van der Waals surface area contributed by atoms with E-state index in [1.54, 1.807) is 0 Å². The van der Waals surface area contributed by atoms with Gasteiger partial charge in [-0.15, -0.1) is 0 Å². The van der Waals surface area contributed by atoms with Crippen LogP contribution in [-0.2, 0) is 0 Å². The number of rotatable bonds is 8. The highest BCUT2D eigenvalue weighted by Crippen LogP contribution is 2.07. The van der Waals surface area contributed by atoms with Crippen molar-refractivity contribution in [1.29, 1.82) is 0 Å². The summed E-state index contributed by atoms with van der Waals surface area (Å²) >= 11 is 2.21. The van der Waals surface area contributed by atoms with Gasteiger partial charge in [0.05, 0.1) is 0 Å². The van der Waals surface area contributed by atoms with Crippen molar-refractivity contribution in [3.8, 4) is 0 Å². The smallest absolute Gasteiger partial charge is 0.222 e. The summed E-state index contributed by atoms with van der Waals surface area (Å²) in [6.07, 6.45) is 6.02. The highest BCUT2D eigenvalue weighted by molar-refractivity contribution is 14.1. The molecule has 1 heterocycles. The van der Waals surface area contributed by atoms with E-state index in [-0.39, 0.29) is 0 Å². The van der Waals surface area contributed by atoms with Gasteiger partial charge in [-0.25, -0.2) is 9.97 Å². The maximum absolute atomic E-state index is 4.25. The van der Waals surface area contributed by atoms with E-state index >= 15 is 0 Å². The molecule has 0 saturated carbocycles. The Bertz CT molecular complexity index is 324. The highest BCUT2D eigenvalue weighted by Gasteiger charge is 2.05. The van der Waals surface area contributed by atoms with Gasteiger partial charge in [0, 0.05) is 22.0 Å². The second-order valence-electron chi connectivity index (χ2n) is 4.44. The summed E-state index contributed by atoms with van der Waals surface area (Å²) in [4.78, 5) is 11.0. The molecule has 0 spiro atoms. The molecule has 1 aromatic heterocycles. The molecule has 0 bridgehead atoms. The molecule has 0 aromatic carbocycles. The maximum Gasteiger partial charge on any atom is 0.222 e. The maximum atomic E-state index is 4.25. The van der Waals surface area contributed by atoms with E-state index in [4.69, 9.17) is 0 Å². The van der Waals surface area contributed by atoms with Gasteiger partial charge in [-0.3, -0.25) is 0 Å². The topological polar surface area (TPSA) is 41.0 Å². The van der Waals surface area contributed by atoms with Gasteiger partial charge in [0.2, 0.25) is 5.95 Å². The lowest BCUT2D eigenvalue weighted by atomic mass is 10.2. The standard InChI is InChI=1S/C13H23IN4/c1-4-18(5-2)8-6-7-11(3)17-13-15-9-12(14)10-16-13/h9-11H,4-8H2,1-3H3,(H,15,16,17). The lowest BCUT2D eigenvalue weighted by Crippen LogP contribution is -2.25. The molecular weight excluding hydrogens is 339 g/mol. The van der Waals surface area contributed by atoms with Gasteiger partial charge in [0.25, 0.3) is 0 Å². The van der Waals surface area contributed by atoms with Crippen LogP contribution < -0.4 is 5.32 Å². The van der Waals surface area contributed by atoms with Crippen LogP contribution in [0.15, 0.2) is 12.4 Å². The summed E-state index contributed by atoms with van der Waals surface area (Å²) in [6, 6.07) is 0.417. The minimum atomic E-state index is 0.417. The van der Waals surface area contributed by atoms with Crippen molar-refractivity contribution < 1.29 is 0 Å². The van der Waals surface area contributed by atoms with Gasteiger partial charge in [-0.2, -0.15) is 0 Å². The van der Waals surface area contributed by atoms with Crippen LogP contribution in [0, 0.1) is 3.57 Å². The summed E-state index contributed by atoms with van der Waals surface area (Å²) in [5.41, 5.74) is 0. The van der Waals surface area contributed by atoms with E-state index in [2.05, 4.69) is 63.5 Å². The van der Waals surface area contributed by atoms with Crippen LogP contribution in [0.4, 0.5) is 5.95 Å². The second kappa shape index (κ2) is 8.63. The fourth-order valence-corrected chi connectivity index (χ4v) is 2.12. The molecule has 0 radical (unpaired) electrons. The van der Waals surface area contributed by atoms with Crippen molar-refractivity contribution >= 4 is 28.5 Å². The highest BCUT2D eigenvalue weighted by atomic mass is 127. The van der Waals surface area contributed by atoms with E-state index in [0.29, 0.717) is 6.04 Å². The minimum absolute atomic E-state index is 0.417. The van der Waals surface area contributed by atoms with Crippen molar-refractivity contribution in [3.63, 3.8) is 0 Å². The fraction of sp³-hybridized carbons (Fsp3) is 0.692. The average molecular weight is 362 g/mol. The molecule has 0 fully saturated rings. The van der Waals surface area contributed by atoms with E-state index in [1.807, 2.05) is 12.4 Å². The molecule has 0 aliphatic carbocycles. The molecule has 1 N–H and O–H groups in total. The minimum Gasteiger partial charge on any atom is -0.352 e. The molecule has 18 heavy (non-hydrogen) atoms. The number of anilines is 1. The zero-order valence-electron chi connectivity index (χ0n) is 11.5. The Morgan fingerprint density at radius 3 is 2.44 bits per heavy atom. The zero-order valence-corrected chi connectivity index (χ0v) is 13.6. The number of nitrogens with one attached hydrogen (secondary N) is 1. The summed E-state index contributed by atoms with van der Waals surface area (Å²) < 4.78 is 1.06. The molecule has 1 atom stereocenters. The van der Waals surface area contributed by atoms with Gasteiger partial charge < -0.3 is 10.2 Å². The van der Waals surface area contributed by atoms with Crippen LogP contribution in [0.2, 0.25) is 0 Å². The predicted octanol–water partition coefficient (Wildman–Crippen LogP) is 3.00. The van der Waals surface area contributed by atoms with E-state index < -0.39 is 0 Å². The number of hydrogen-bond acceptors (Lipinski definition) is 4. The molecule has 1 unspecified atom stereocenters. The molecule has 1 aromatic rings. The molecule has 5 heteroatoms. The summed E-state index contributed by atoms with van der Waals surface area (Å²) in [6.45, 7) is 10.1. The molecule has 0 aliphatic heterocycles. The van der Waals surface area contributed by atoms with E-state index in [1.165, 1.54) is 13.0 Å². The van der Waals surface area contributed by atoms with Gasteiger partial charge in [-0.1, -0.05) is 13.8 Å². The van der Waals surface area contributed by atoms with Crippen molar-refractivity contribution in [1.82, 2.24) is 14.9 Å². The molecule has 0 aliphatic rings. The van der Waals surface area contributed by atoms with Crippen LogP contribution in [-0.4, -0.2) is 40.5 Å². The normalized spacial score (nSPS) is 12.7. The first-order chi connectivity index (χ1) is 8.65. The number of hydrogen-bond donors (Lipinski definition) is 1. The first-order valence-corrected chi connectivity index (χ1v) is 7.70. The van der Waals surface area contributed by atoms with Crippen molar-refractivity contribution in [2.24, 2.45) is 0 Å². The molecule has 0 amide bonds. The van der Waals surface area contributed by atoms with Gasteiger partial charge in [0.1, 0.15) is 0 Å². The fourth-order valence-electron chi connectivity index (χ4n) is 1.84. The third-order valence-electron chi connectivity index (χ3n) is 3.00. The van der Waals surface area contributed by atoms with Crippen molar-refractivity contribution in [2.45, 2.75) is 39.7 Å². The quantitative estimate of drug-likeness (QED) is 0.722. The van der Waals surface area contributed by atoms with Crippen LogP contribution in [0.5, 0.6) is 0 Å². The summed E-state index contributed by atoms with van der Waals surface area (Å²) in [5, 5.41) is 3.33. The van der Waals surface area contributed by atoms with E-state index in [9.17, 15) is 0 Å². The molecular formula is C13H23IN4. The Labute approximate surface area is 124 Å². The van der Waals surface area contributed by atoms with Crippen molar-refractivity contribution in [3.05, 3.63) is 16.0 Å². The summed E-state index contributed by atoms with van der Waals surface area (Å²) in [5.74, 6) is 0.728. The van der Waals surface area contributed by atoms with Crippen LogP contribution in [0.25, 0.3) is 0 Å². The summed E-state index contributed by atoms with van der Waals surface area (Å²) in [7, 11) is 0. The SMILES string of the molecule is CCN(CC)CCCC(C)Nc1ncc(I)cn1. The van der Waals surface area contributed by atoms with Crippen LogP contribution >= 0.6 is 22.6 Å². The monoisotopic (exact) mass is 362 g/mol. The molecule has 1 rings (SSSR count). The molecule has 0 saturated heterocycles. The van der Waals surface area contributed by atoms with Crippen molar-refractivity contribution in [2.75, 3.05) is 25.0 Å². The number of aromatic nitrogens is 2. The van der Waals surface area contributed by atoms with Crippen LogP contribution in [0.1, 0.15) is 33.6 Å². The number of nitrogens with zero attached hydrogens (tertiary/aromatic N) is 3.